The summed E-state index contributed by atoms with van der Waals surface area (Å²) < 4.78 is 6.95. The number of carbonyl (C=O) groups is 1. The van der Waals surface area contributed by atoms with E-state index in [0.717, 1.165) is 21.8 Å². The molecule has 0 saturated heterocycles. The molecule has 3 aromatic heterocycles. The van der Waals surface area contributed by atoms with Gasteiger partial charge < -0.3 is 9.42 Å². The van der Waals surface area contributed by atoms with E-state index in [4.69, 9.17) is 9.51 Å². The Morgan fingerprint density at radius 2 is 2.07 bits per heavy atom. The maximum absolute atomic E-state index is 12.9. The van der Waals surface area contributed by atoms with Crippen LogP contribution in [0.1, 0.15) is 33.3 Å². The monoisotopic (exact) mass is 381 g/mol. The summed E-state index contributed by atoms with van der Waals surface area (Å²) in [5.74, 6) is 0.843. The van der Waals surface area contributed by atoms with E-state index in [1.54, 1.807) is 18.9 Å². The highest BCUT2D eigenvalue weighted by Gasteiger charge is 2.20. The molecule has 0 aliphatic heterocycles. The van der Waals surface area contributed by atoms with Crippen molar-refractivity contribution in [3.63, 3.8) is 0 Å². The smallest absolute Gasteiger partial charge is 0.271 e. The van der Waals surface area contributed by atoms with Crippen LogP contribution in [-0.2, 0) is 6.54 Å². The molecule has 0 spiro atoms. The van der Waals surface area contributed by atoms with Crippen LogP contribution in [0, 0.1) is 20.8 Å². The molecular weight excluding hydrogens is 362 g/mol. The van der Waals surface area contributed by atoms with Gasteiger partial charge in [-0.15, -0.1) is 11.3 Å². The summed E-state index contributed by atoms with van der Waals surface area (Å²) in [5.41, 5.74) is 4.85. The molecule has 27 heavy (non-hydrogen) atoms. The second-order valence-corrected chi connectivity index (χ2v) is 7.45. The number of fused-ring (bicyclic) bond motifs is 1. The fourth-order valence-corrected chi connectivity index (χ4v) is 3.80. The topological polar surface area (TPSA) is 76.5 Å². The molecule has 3 heterocycles. The van der Waals surface area contributed by atoms with Gasteiger partial charge in [0.15, 0.2) is 10.8 Å². The van der Waals surface area contributed by atoms with E-state index in [9.17, 15) is 4.79 Å². The highest BCUT2D eigenvalue weighted by molar-refractivity contribution is 7.15. The number of aromatic nitrogens is 4. The second-order valence-electron chi connectivity index (χ2n) is 6.61. The zero-order valence-electron chi connectivity index (χ0n) is 15.6. The van der Waals surface area contributed by atoms with E-state index in [0.29, 0.717) is 17.4 Å². The number of aryl methyl sites for hydroxylation is 3. The lowest BCUT2D eigenvalue weighted by molar-refractivity contribution is 0.0763. The van der Waals surface area contributed by atoms with Crippen LogP contribution in [0.3, 0.4) is 0 Å². The van der Waals surface area contributed by atoms with Gasteiger partial charge >= 0.3 is 0 Å². The fraction of sp³-hybridized carbons (Fsp3) is 0.263. The maximum atomic E-state index is 12.9. The predicted molar refractivity (Wildman–Crippen MR) is 103 cm³/mol. The molecule has 0 atom stereocenters. The molecule has 138 valence electrons. The summed E-state index contributed by atoms with van der Waals surface area (Å²) in [4.78, 5) is 24.1. The van der Waals surface area contributed by atoms with Gasteiger partial charge in [-0.1, -0.05) is 22.9 Å². The first-order valence-electron chi connectivity index (χ1n) is 8.51. The Labute approximate surface area is 160 Å². The molecule has 4 aromatic rings. The number of benzene rings is 1. The molecule has 1 amide bonds. The van der Waals surface area contributed by atoms with Crippen molar-refractivity contribution in [1.82, 2.24) is 24.4 Å². The zero-order valence-corrected chi connectivity index (χ0v) is 16.4. The number of nitrogens with zero attached hydrogens (tertiary/aromatic N) is 5. The minimum absolute atomic E-state index is 0.123. The lowest BCUT2D eigenvalue weighted by atomic mass is 10.0. The molecule has 0 N–H and O–H groups in total. The summed E-state index contributed by atoms with van der Waals surface area (Å²) in [6.45, 7) is 6.13. The van der Waals surface area contributed by atoms with Crippen molar-refractivity contribution in [1.29, 1.82) is 0 Å². The van der Waals surface area contributed by atoms with Crippen LogP contribution in [0.5, 0.6) is 0 Å². The van der Waals surface area contributed by atoms with Gasteiger partial charge in [-0.05, 0) is 32.4 Å². The number of imidazole rings is 1. The lowest BCUT2D eigenvalue weighted by Crippen LogP contribution is -2.27. The normalized spacial score (nSPS) is 11.3. The molecule has 8 heteroatoms. The average molecular weight is 381 g/mol. The number of hydrogen-bond acceptors (Lipinski definition) is 6. The van der Waals surface area contributed by atoms with Crippen molar-refractivity contribution < 1.29 is 9.32 Å². The third-order valence-electron chi connectivity index (χ3n) is 4.39. The number of carbonyl (C=O) groups excluding carboxylic acids is 1. The Morgan fingerprint density at radius 1 is 1.26 bits per heavy atom. The minimum Gasteiger partial charge on any atom is -0.337 e. The van der Waals surface area contributed by atoms with Crippen LogP contribution in [0.15, 0.2) is 34.3 Å². The molecule has 7 nitrogen and oxygen atoms in total. The van der Waals surface area contributed by atoms with Crippen molar-refractivity contribution in [3.8, 4) is 11.3 Å². The van der Waals surface area contributed by atoms with Gasteiger partial charge in [-0.3, -0.25) is 9.20 Å². The standard InChI is InChI=1S/C19H19N5O2S/c1-11-5-6-12(2)14(7-11)15-8-24-16(10-27-19(24)21-15)18(25)23(4)9-17-20-13(3)22-26-17/h5-8,10H,9H2,1-4H3. The average Bonchev–Trinajstić information content (AvgIpc) is 3.32. The molecule has 0 aliphatic carbocycles. The molecule has 0 aliphatic rings. The molecule has 4 rings (SSSR count). The van der Waals surface area contributed by atoms with E-state index in [1.807, 2.05) is 16.0 Å². The summed E-state index contributed by atoms with van der Waals surface area (Å²) in [6.07, 6.45) is 1.92. The van der Waals surface area contributed by atoms with E-state index >= 15 is 0 Å². The third kappa shape index (κ3) is 3.23. The lowest BCUT2D eigenvalue weighted by Gasteiger charge is -2.13. The first kappa shape index (κ1) is 17.4. The minimum atomic E-state index is -0.123. The Hall–Kier alpha value is -3.00. The summed E-state index contributed by atoms with van der Waals surface area (Å²) in [7, 11) is 1.72. The quantitative estimate of drug-likeness (QED) is 0.539. The number of thiazole rings is 1. The van der Waals surface area contributed by atoms with E-state index in [1.165, 1.54) is 16.9 Å². The Balaban J connectivity index is 1.65. The molecule has 0 unspecified atom stereocenters. The van der Waals surface area contributed by atoms with E-state index in [-0.39, 0.29) is 12.5 Å². The molecule has 1 aromatic carbocycles. The Morgan fingerprint density at radius 3 is 2.81 bits per heavy atom. The molecule has 0 saturated carbocycles. The predicted octanol–water partition coefficient (Wildman–Crippen LogP) is 3.64. The van der Waals surface area contributed by atoms with Gasteiger partial charge in [-0.25, -0.2) is 4.98 Å². The van der Waals surface area contributed by atoms with Gasteiger partial charge in [0, 0.05) is 24.2 Å². The van der Waals surface area contributed by atoms with Crippen LogP contribution in [0.25, 0.3) is 16.2 Å². The van der Waals surface area contributed by atoms with Crippen LogP contribution in [0.2, 0.25) is 0 Å². The fourth-order valence-electron chi connectivity index (χ4n) is 2.95. The largest absolute Gasteiger partial charge is 0.337 e. The molecule has 0 fully saturated rings. The Kier molecular flexibility index (Phi) is 4.27. The van der Waals surface area contributed by atoms with Crippen LogP contribution < -0.4 is 0 Å². The van der Waals surface area contributed by atoms with Gasteiger partial charge in [-0.2, -0.15) is 4.98 Å². The maximum Gasteiger partial charge on any atom is 0.271 e. The van der Waals surface area contributed by atoms with Crippen molar-refractivity contribution in [2.75, 3.05) is 7.05 Å². The highest BCUT2D eigenvalue weighted by Crippen LogP contribution is 2.27. The van der Waals surface area contributed by atoms with Crippen LogP contribution in [0.4, 0.5) is 0 Å². The van der Waals surface area contributed by atoms with Crippen molar-refractivity contribution in [2.24, 2.45) is 0 Å². The van der Waals surface area contributed by atoms with Crippen LogP contribution >= 0.6 is 11.3 Å². The first-order chi connectivity index (χ1) is 12.9. The second kappa shape index (κ2) is 6.62. The summed E-state index contributed by atoms with van der Waals surface area (Å²) >= 11 is 1.45. The molecular formula is C19H19N5O2S. The number of hydrogen-bond donors (Lipinski definition) is 0. The van der Waals surface area contributed by atoms with Gasteiger partial charge in [0.1, 0.15) is 12.2 Å². The van der Waals surface area contributed by atoms with Crippen molar-refractivity contribution in [3.05, 3.63) is 58.3 Å². The van der Waals surface area contributed by atoms with E-state index in [2.05, 4.69) is 42.2 Å². The number of amides is 1. The summed E-state index contributed by atoms with van der Waals surface area (Å²) in [5, 5.41) is 5.58. The third-order valence-corrected chi connectivity index (χ3v) is 5.23. The van der Waals surface area contributed by atoms with Gasteiger partial charge in [0.25, 0.3) is 5.91 Å². The van der Waals surface area contributed by atoms with Gasteiger partial charge in [0.2, 0.25) is 5.89 Å². The molecule has 0 radical (unpaired) electrons. The zero-order chi connectivity index (χ0) is 19.1. The summed E-state index contributed by atoms with van der Waals surface area (Å²) in [6, 6.07) is 6.29. The SMILES string of the molecule is Cc1ccc(C)c(-c2cn3c(C(=O)N(C)Cc4nc(C)no4)csc3n2)c1. The highest BCUT2D eigenvalue weighted by atomic mass is 32.1. The number of rotatable bonds is 4. The van der Waals surface area contributed by atoms with Gasteiger partial charge in [0.05, 0.1) is 5.69 Å². The van der Waals surface area contributed by atoms with Crippen molar-refractivity contribution >= 4 is 22.2 Å². The van der Waals surface area contributed by atoms with E-state index < -0.39 is 0 Å². The first-order valence-corrected chi connectivity index (χ1v) is 9.39. The van der Waals surface area contributed by atoms with Crippen LogP contribution in [-0.4, -0.2) is 37.4 Å². The molecule has 0 bridgehead atoms. The van der Waals surface area contributed by atoms with Crippen molar-refractivity contribution in [2.45, 2.75) is 27.3 Å². The Bertz CT molecular complexity index is 1140.